The molecule has 0 nitrogen and oxygen atoms in total. The molecule has 0 heterocycles. The SMILES string of the molecule is CC=C1C=C(C)CC1. The molecule has 0 aromatic rings. The van der Waals surface area contributed by atoms with Gasteiger partial charge in [0.05, 0.1) is 0 Å². The summed E-state index contributed by atoms with van der Waals surface area (Å²) in [5, 5.41) is 0. The first-order valence-electron chi connectivity index (χ1n) is 3.15. The van der Waals surface area contributed by atoms with Crippen molar-refractivity contribution in [1.82, 2.24) is 0 Å². The zero-order valence-corrected chi connectivity index (χ0v) is 5.57. The molecule has 0 atom stereocenters. The van der Waals surface area contributed by atoms with Gasteiger partial charge in [0, 0.05) is 0 Å². The van der Waals surface area contributed by atoms with E-state index >= 15 is 0 Å². The molecule has 0 amide bonds. The predicted octanol–water partition coefficient (Wildman–Crippen LogP) is 2.67. The molecule has 0 aromatic heterocycles. The summed E-state index contributed by atoms with van der Waals surface area (Å²) in [6.45, 7) is 4.29. The van der Waals surface area contributed by atoms with E-state index in [4.69, 9.17) is 0 Å². The van der Waals surface area contributed by atoms with Crippen molar-refractivity contribution in [3.63, 3.8) is 0 Å². The lowest BCUT2D eigenvalue weighted by atomic mass is 10.2. The highest BCUT2D eigenvalue weighted by Gasteiger charge is 2.01. The summed E-state index contributed by atoms with van der Waals surface area (Å²) in [5.41, 5.74) is 3.03. The predicted molar refractivity (Wildman–Crippen MR) is 36.7 cm³/mol. The van der Waals surface area contributed by atoms with Gasteiger partial charge in [-0.2, -0.15) is 0 Å². The molecule has 0 radical (unpaired) electrons. The third kappa shape index (κ3) is 1.00. The van der Waals surface area contributed by atoms with Crippen LogP contribution in [-0.4, -0.2) is 0 Å². The van der Waals surface area contributed by atoms with E-state index in [1.807, 2.05) is 0 Å². The third-order valence-corrected chi connectivity index (χ3v) is 1.61. The molecule has 0 saturated carbocycles. The summed E-state index contributed by atoms with van der Waals surface area (Å²) in [5.74, 6) is 0. The maximum absolute atomic E-state index is 2.28. The Kier molecular flexibility index (Phi) is 1.52. The smallest absolute Gasteiger partial charge is 0.0245 e. The first-order valence-corrected chi connectivity index (χ1v) is 3.15. The minimum atomic E-state index is 1.27. The van der Waals surface area contributed by atoms with Gasteiger partial charge >= 0.3 is 0 Å². The quantitative estimate of drug-likeness (QED) is 0.447. The van der Waals surface area contributed by atoms with Crippen LogP contribution in [0.15, 0.2) is 23.3 Å². The van der Waals surface area contributed by atoms with Gasteiger partial charge in [-0.15, -0.1) is 0 Å². The first-order chi connectivity index (χ1) is 3.83. The second-order valence-corrected chi connectivity index (χ2v) is 2.35. The summed E-state index contributed by atoms with van der Waals surface area (Å²) < 4.78 is 0. The molecule has 0 saturated heterocycles. The van der Waals surface area contributed by atoms with Crippen molar-refractivity contribution < 1.29 is 0 Å². The van der Waals surface area contributed by atoms with Crippen molar-refractivity contribution in [1.29, 1.82) is 0 Å². The van der Waals surface area contributed by atoms with Crippen molar-refractivity contribution in [2.45, 2.75) is 26.7 Å². The fourth-order valence-corrected chi connectivity index (χ4v) is 1.03. The number of hydrogen-bond donors (Lipinski definition) is 0. The Morgan fingerprint density at radius 1 is 1.50 bits per heavy atom. The van der Waals surface area contributed by atoms with E-state index in [0.717, 1.165) is 0 Å². The van der Waals surface area contributed by atoms with Crippen LogP contribution in [-0.2, 0) is 0 Å². The molecular weight excluding hydrogens is 96.1 g/mol. The number of rotatable bonds is 0. The standard InChI is InChI=1S/C8H12/c1-3-8-5-4-7(2)6-8/h3,6H,4-5H2,1-2H3. The van der Waals surface area contributed by atoms with Gasteiger partial charge in [-0.25, -0.2) is 0 Å². The van der Waals surface area contributed by atoms with Crippen LogP contribution in [0.25, 0.3) is 0 Å². The minimum Gasteiger partial charge on any atom is -0.0844 e. The first kappa shape index (κ1) is 5.61. The largest absolute Gasteiger partial charge is 0.0844 e. The average molecular weight is 108 g/mol. The molecule has 8 heavy (non-hydrogen) atoms. The molecule has 0 aromatic carbocycles. The molecule has 0 fully saturated rings. The Morgan fingerprint density at radius 3 is 2.50 bits per heavy atom. The topological polar surface area (TPSA) is 0 Å². The lowest BCUT2D eigenvalue weighted by molar-refractivity contribution is 1.01. The van der Waals surface area contributed by atoms with Crippen LogP contribution in [0.1, 0.15) is 26.7 Å². The van der Waals surface area contributed by atoms with Gasteiger partial charge in [0.2, 0.25) is 0 Å². The molecule has 0 spiro atoms. The van der Waals surface area contributed by atoms with Gasteiger partial charge in [-0.05, 0) is 26.7 Å². The molecule has 0 bridgehead atoms. The summed E-state index contributed by atoms with van der Waals surface area (Å²) in [7, 11) is 0. The van der Waals surface area contributed by atoms with Crippen molar-refractivity contribution in [2.75, 3.05) is 0 Å². The average Bonchev–Trinajstić information content (AvgIpc) is 2.14. The van der Waals surface area contributed by atoms with Crippen molar-refractivity contribution in [3.8, 4) is 0 Å². The fourth-order valence-electron chi connectivity index (χ4n) is 1.03. The normalized spacial score (nSPS) is 24.2. The highest BCUT2D eigenvalue weighted by Crippen LogP contribution is 2.21. The Morgan fingerprint density at radius 2 is 2.25 bits per heavy atom. The van der Waals surface area contributed by atoms with E-state index in [0.29, 0.717) is 0 Å². The van der Waals surface area contributed by atoms with Crippen LogP contribution in [0.5, 0.6) is 0 Å². The lowest BCUT2D eigenvalue weighted by Crippen LogP contribution is -1.64. The molecule has 1 aliphatic rings. The highest BCUT2D eigenvalue weighted by molar-refractivity contribution is 5.28. The van der Waals surface area contributed by atoms with E-state index in [1.54, 1.807) is 0 Å². The minimum absolute atomic E-state index is 1.27. The number of allylic oxidation sites excluding steroid dienone is 4. The van der Waals surface area contributed by atoms with Gasteiger partial charge in [0.25, 0.3) is 0 Å². The zero-order valence-electron chi connectivity index (χ0n) is 5.57. The molecule has 0 aliphatic heterocycles. The van der Waals surface area contributed by atoms with Gasteiger partial charge < -0.3 is 0 Å². The molecular formula is C8H12. The van der Waals surface area contributed by atoms with Gasteiger partial charge in [-0.3, -0.25) is 0 Å². The van der Waals surface area contributed by atoms with E-state index in [2.05, 4.69) is 26.0 Å². The summed E-state index contributed by atoms with van der Waals surface area (Å²) >= 11 is 0. The summed E-state index contributed by atoms with van der Waals surface area (Å²) in [4.78, 5) is 0. The van der Waals surface area contributed by atoms with Crippen molar-refractivity contribution >= 4 is 0 Å². The van der Waals surface area contributed by atoms with E-state index in [-0.39, 0.29) is 0 Å². The second-order valence-electron chi connectivity index (χ2n) is 2.35. The summed E-state index contributed by atoms with van der Waals surface area (Å²) in [6.07, 6.45) is 7.01. The van der Waals surface area contributed by atoms with Crippen molar-refractivity contribution in [2.24, 2.45) is 0 Å². The van der Waals surface area contributed by atoms with E-state index in [9.17, 15) is 0 Å². The van der Waals surface area contributed by atoms with E-state index in [1.165, 1.54) is 24.0 Å². The fraction of sp³-hybridized carbons (Fsp3) is 0.500. The molecule has 0 unspecified atom stereocenters. The van der Waals surface area contributed by atoms with Crippen molar-refractivity contribution in [3.05, 3.63) is 23.3 Å². The van der Waals surface area contributed by atoms with Crippen LogP contribution in [0.4, 0.5) is 0 Å². The van der Waals surface area contributed by atoms with Crippen LogP contribution in [0, 0.1) is 0 Å². The maximum Gasteiger partial charge on any atom is -0.0245 e. The Balaban J connectivity index is 2.67. The Hall–Kier alpha value is -0.520. The molecule has 44 valence electrons. The molecule has 1 aliphatic carbocycles. The highest BCUT2D eigenvalue weighted by atomic mass is 14.1. The molecule has 0 heteroatoms. The third-order valence-electron chi connectivity index (χ3n) is 1.61. The number of hydrogen-bond acceptors (Lipinski definition) is 0. The Bertz CT molecular complexity index is 138. The lowest BCUT2D eigenvalue weighted by Gasteiger charge is -1.84. The monoisotopic (exact) mass is 108 g/mol. The van der Waals surface area contributed by atoms with Gasteiger partial charge in [0.1, 0.15) is 0 Å². The van der Waals surface area contributed by atoms with Crippen LogP contribution in [0.3, 0.4) is 0 Å². The summed E-state index contributed by atoms with van der Waals surface area (Å²) in [6, 6.07) is 0. The van der Waals surface area contributed by atoms with Gasteiger partial charge in [-0.1, -0.05) is 23.3 Å². The zero-order chi connectivity index (χ0) is 5.98. The molecule has 1 rings (SSSR count). The van der Waals surface area contributed by atoms with Crippen LogP contribution < -0.4 is 0 Å². The van der Waals surface area contributed by atoms with Crippen LogP contribution >= 0.6 is 0 Å². The molecule has 0 N–H and O–H groups in total. The Labute approximate surface area is 50.9 Å². The van der Waals surface area contributed by atoms with E-state index < -0.39 is 0 Å². The maximum atomic E-state index is 2.28. The van der Waals surface area contributed by atoms with Crippen LogP contribution in [0.2, 0.25) is 0 Å². The van der Waals surface area contributed by atoms with Gasteiger partial charge in [0.15, 0.2) is 0 Å². The second kappa shape index (κ2) is 2.17.